The quantitative estimate of drug-likeness (QED) is 0.634. The zero-order chi connectivity index (χ0) is 20.9. The van der Waals surface area contributed by atoms with Gasteiger partial charge in [0.2, 0.25) is 6.10 Å². The molecule has 1 aromatic heterocycles. The smallest absolute Gasteiger partial charge is 0.416 e. The minimum absolute atomic E-state index is 0.0665. The number of carbonyl (C=O) groups is 2. The lowest BCUT2D eigenvalue weighted by Crippen LogP contribution is -2.26. The third-order valence-corrected chi connectivity index (χ3v) is 3.92. The second-order valence-corrected chi connectivity index (χ2v) is 6.01. The summed E-state index contributed by atoms with van der Waals surface area (Å²) in [6.07, 6.45) is -3.15. The van der Waals surface area contributed by atoms with Gasteiger partial charge in [0.1, 0.15) is 0 Å². The molecule has 0 aliphatic carbocycles. The lowest BCUT2D eigenvalue weighted by Gasteiger charge is -2.18. The fraction of sp³-hybridized carbons (Fsp3) is 0.0952. The van der Waals surface area contributed by atoms with Crippen molar-refractivity contribution in [2.75, 3.05) is 5.32 Å². The van der Waals surface area contributed by atoms with E-state index in [9.17, 15) is 22.8 Å². The van der Waals surface area contributed by atoms with Crippen molar-refractivity contribution in [2.45, 2.75) is 12.3 Å². The number of nitrogens with zero attached hydrogens (tertiary/aromatic N) is 1. The molecule has 3 rings (SSSR count). The van der Waals surface area contributed by atoms with Crippen LogP contribution in [0.3, 0.4) is 0 Å². The maximum atomic E-state index is 12.9. The Kier molecular flexibility index (Phi) is 5.92. The van der Waals surface area contributed by atoms with E-state index in [0.29, 0.717) is 5.56 Å². The molecule has 0 aliphatic heterocycles. The number of hydrogen-bond acceptors (Lipinski definition) is 4. The monoisotopic (exact) mass is 400 g/mol. The number of hydrogen-bond donors (Lipinski definition) is 1. The van der Waals surface area contributed by atoms with Crippen LogP contribution in [0.2, 0.25) is 0 Å². The maximum Gasteiger partial charge on any atom is 0.416 e. The predicted molar refractivity (Wildman–Crippen MR) is 98.9 cm³/mol. The Morgan fingerprint density at radius 2 is 1.72 bits per heavy atom. The normalized spacial score (nSPS) is 12.1. The summed E-state index contributed by atoms with van der Waals surface area (Å²) in [7, 11) is 0. The van der Waals surface area contributed by atoms with Crippen molar-refractivity contribution >= 4 is 17.6 Å². The summed E-state index contributed by atoms with van der Waals surface area (Å²) < 4.78 is 44.0. The molecule has 148 valence electrons. The van der Waals surface area contributed by atoms with Crippen molar-refractivity contribution in [3.8, 4) is 0 Å². The van der Waals surface area contributed by atoms with Gasteiger partial charge in [-0.3, -0.25) is 9.78 Å². The Bertz CT molecular complexity index is 993. The summed E-state index contributed by atoms with van der Waals surface area (Å²) in [6.45, 7) is 0. The first-order chi connectivity index (χ1) is 13.8. The lowest BCUT2D eigenvalue weighted by atomic mass is 10.1. The average Bonchev–Trinajstić information content (AvgIpc) is 2.72. The molecule has 2 aromatic carbocycles. The van der Waals surface area contributed by atoms with E-state index in [2.05, 4.69) is 10.3 Å². The fourth-order valence-electron chi connectivity index (χ4n) is 2.54. The molecule has 8 heteroatoms. The molecule has 0 unspecified atom stereocenters. The van der Waals surface area contributed by atoms with Crippen molar-refractivity contribution in [2.24, 2.45) is 0 Å². The molecule has 0 saturated heterocycles. The summed E-state index contributed by atoms with van der Waals surface area (Å²) >= 11 is 0. The Balaban J connectivity index is 1.85. The molecule has 0 aliphatic rings. The summed E-state index contributed by atoms with van der Waals surface area (Å²) in [5.74, 6) is -1.57. The first-order valence-corrected chi connectivity index (χ1v) is 8.48. The van der Waals surface area contributed by atoms with Gasteiger partial charge in [-0.1, -0.05) is 36.4 Å². The number of benzene rings is 2. The number of alkyl halides is 3. The van der Waals surface area contributed by atoms with Crippen molar-refractivity contribution in [1.29, 1.82) is 0 Å². The van der Waals surface area contributed by atoms with Gasteiger partial charge < -0.3 is 10.1 Å². The Morgan fingerprint density at radius 1 is 0.966 bits per heavy atom. The summed E-state index contributed by atoms with van der Waals surface area (Å²) in [5, 5.41) is 2.38. The highest BCUT2D eigenvalue weighted by molar-refractivity contribution is 5.98. The first kappa shape index (κ1) is 20.1. The highest BCUT2D eigenvalue weighted by Crippen LogP contribution is 2.31. The molecule has 1 amide bonds. The second kappa shape index (κ2) is 8.55. The van der Waals surface area contributed by atoms with Crippen LogP contribution < -0.4 is 5.32 Å². The second-order valence-electron chi connectivity index (χ2n) is 6.01. The molecule has 0 saturated carbocycles. The van der Waals surface area contributed by atoms with E-state index in [0.717, 1.165) is 12.1 Å². The number of anilines is 1. The van der Waals surface area contributed by atoms with Gasteiger partial charge in [-0.25, -0.2) is 4.79 Å². The third kappa shape index (κ3) is 5.19. The number of halogens is 3. The zero-order valence-corrected chi connectivity index (χ0v) is 14.9. The summed E-state index contributed by atoms with van der Waals surface area (Å²) in [6, 6.07) is 15.4. The molecule has 1 atom stereocenters. The van der Waals surface area contributed by atoms with Crippen molar-refractivity contribution in [1.82, 2.24) is 4.98 Å². The zero-order valence-electron chi connectivity index (χ0n) is 14.9. The van der Waals surface area contributed by atoms with Crippen LogP contribution in [-0.4, -0.2) is 16.9 Å². The molecular formula is C21H15F3N2O3. The minimum atomic E-state index is -4.55. The van der Waals surface area contributed by atoms with Gasteiger partial charge in [-0.15, -0.1) is 0 Å². The van der Waals surface area contributed by atoms with Crippen LogP contribution in [0.5, 0.6) is 0 Å². The number of pyridine rings is 1. The maximum absolute atomic E-state index is 12.9. The molecular weight excluding hydrogens is 385 g/mol. The SMILES string of the molecule is O=C(O[C@H](C(=O)Nc1cccc(C(F)(F)F)c1)c1ccccc1)c1cccnc1. The summed E-state index contributed by atoms with van der Waals surface area (Å²) in [4.78, 5) is 29.0. The van der Waals surface area contributed by atoms with Crippen LogP contribution in [0.4, 0.5) is 18.9 Å². The topological polar surface area (TPSA) is 68.3 Å². The molecule has 1 N–H and O–H groups in total. The first-order valence-electron chi connectivity index (χ1n) is 8.48. The van der Waals surface area contributed by atoms with Gasteiger partial charge in [0.05, 0.1) is 11.1 Å². The van der Waals surface area contributed by atoms with Gasteiger partial charge in [0, 0.05) is 23.6 Å². The molecule has 0 bridgehead atoms. The van der Waals surface area contributed by atoms with Crippen molar-refractivity contribution in [3.63, 3.8) is 0 Å². The highest BCUT2D eigenvalue weighted by Gasteiger charge is 2.31. The summed E-state index contributed by atoms with van der Waals surface area (Å²) in [5.41, 5.74) is -0.461. The van der Waals surface area contributed by atoms with E-state index in [1.54, 1.807) is 30.3 Å². The molecule has 1 heterocycles. The van der Waals surface area contributed by atoms with E-state index >= 15 is 0 Å². The van der Waals surface area contributed by atoms with E-state index in [1.807, 2.05) is 0 Å². The Hall–Kier alpha value is -3.68. The number of ether oxygens (including phenoxy) is 1. The highest BCUT2D eigenvalue weighted by atomic mass is 19.4. The minimum Gasteiger partial charge on any atom is -0.444 e. The molecule has 0 spiro atoms. The van der Waals surface area contributed by atoms with Crippen molar-refractivity contribution < 1.29 is 27.5 Å². The molecule has 29 heavy (non-hydrogen) atoms. The van der Waals surface area contributed by atoms with Crippen LogP contribution >= 0.6 is 0 Å². The Labute approximate surface area is 164 Å². The standard InChI is InChI=1S/C21H15F3N2O3/c22-21(23,24)16-9-4-10-17(12-16)26-19(27)18(14-6-2-1-3-7-14)29-20(28)15-8-5-11-25-13-15/h1-13,18H,(H,26,27)/t18-/m0/s1. The predicted octanol–water partition coefficient (Wildman–Crippen LogP) is 4.64. The molecule has 3 aromatic rings. The van der Waals surface area contributed by atoms with Gasteiger partial charge in [-0.2, -0.15) is 13.2 Å². The van der Waals surface area contributed by atoms with Crippen LogP contribution in [0, 0.1) is 0 Å². The van der Waals surface area contributed by atoms with Gasteiger partial charge in [0.25, 0.3) is 5.91 Å². The average molecular weight is 400 g/mol. The third-order valence-electron chi connectivity index (χ3n) is 3.92. The van der Waals surface area contributed by atoms with Gasteiger partial charge in [-0.05, 0) is 30.3 Å². The van der Waals surface area contributed by atoms with Crippen LogP contribution in [0.15, 0.2) is 79.1 Å². The van der Waals surface area contributed by atoms with Crippen LogP contribution in [0.25, 0.3) is 0 Å². The van der Waals surface area contributed by atoms with Gasteiger partial charge in [0.15, 0.2) is 0 Å². The van der Waals surface area contributed by atoms with Crippen LogP contribution in [-0.2, 0) is 15.7 Å². The number of amides is 1. The number of rotatable bonds is 5. The lowest BCUT2D eigenvalue weighted by molar-refractivity contribution is -0.137. The van der Waals surface area contributed by atoms with Crippen molar-refractivity contribution in [3.05, 3.63) is 95.8 Å². The van der Waals surface area contributed by atoms with E-state index in [-0.39, 0.29) is 11.3 Å². The van der Waals surface area contributed by atoms with Crippen LogP contribution in [0.1, 0.15) is 27.6 Å². The molecule has 5 nitrogen and oxygen atoms in total. The molecule has 0 fully saturated rings. The number of esters is 1. The number of aromatic nitrogens is 1. The van der Waals surface area contributed by atoms with E-state index in [4.69, 9.17) is 4.74 Å². The van der Waals surface area contributed by atoms with E-state index in [1.165, 1.54) is 36.7 Å². The Morgan fingerprint density at radius 3 is 2.38 bits per heavy atom. The number of carbonyl (C=O) groups excluding carboxylic acids is 2. The largest absolute Gasteiger partial charge is 0.444 e. The van der Waals surface area contributed by atoms with Gasteiger partial charge >= 0.3 is 12.1 Å². The fourth-order valence-corrected chi connectivity index (χ4v) is 2.54. The van der Waals surface area contributed by atoms with E-state index < -0.39 is 29.7 Å². The number of nitrogens with one attached hydrogen (secondary N) is 1. The molecule has 0 radical (unpaired) electrons.